The first kappa shape index (κ1) is 16.7. The van der Waals surface area contributed by atoms with E-state index in [9.17, 15) is 10.2 Å². The molecular weight excluding hydrogens is 326 g/mol. The van der Waals surface area contributed by atoms with Gasteiger partial charge in [0.2, 0.25) is 0 Å². The lowest BCUT2D eigenvalue weighted by atomic mass is 9.94. The van der Waals surface area contributed by atoms with E-state index in [1.807, 2.05) is 30.3 Å². The summed E-state index contributed by atoms with van der Waals surface area (Å²) in [5.41, 5.74) is 3.96. The van der Waals surface area contributed by atoms with Crippen LogP contribution in [0.5, 0.6) is 5.75 Å². The quantitative estimate of drug-likeness (QED) is 0.817. The zero-order valence-corrected chi connectivity index (χ0v) is 14.3. The summed E-state index contributed by atoms with van der Waals surface area (Å²) in [6.45, 7) is 3.72. The summed E-state index contributed by atoms with van der Waals surface area (Å²) >= 11 is 5.97. The van der Waals surface area contributed by atoms with Crippen molar-refractivity contribution in [2.24, 2.45) is 0 Å². The van der Waals surface area contributed by atoms with Crippen LogP contribution in [0.2, 0.25) is 5.02 Å². The third-order valence-electron chi connectivity index (χ3n) is 4.25. The average molecular weight is 346 g/mol. The van der Waals surface area contributed by atoms with Crippen molar-refractivity contribution in [1.29, 1.82) is 0 Å². The van der Waals surface area contributed by atoms with Crippen LogP contribution in [0.3, 0.4) is 0 Å². The maximum atomic E-state index is 10.3. The van der Waals surface area contributed by atoms with Crippen LogP contribution in [-0.2, 0) is 6.42 Å². The van der Waals surface area contributed by atoms with Crippen molar-refractivity contribution in [3.63, 3.8) is 0 Å². The Morgan fingerprint density at radius 3 is 2.67 bits per heavy atom. The van der Waals surface area contributed by atoms with Gasteiger partial charge in [0.15, 0.2) is 0 Å². The Balaban J connectivity index is 2.09. The second-order valence-corrected chi connectivity index (χ2v) is 6.34. The molecule has 0 fully saturated rings. The number of benzene rings is 2. The van der Waals surface area contributed by atoms with E-state index in [4.69, 9.17) is 16.3 Å². The van der Waals surface area contributed by atoms with Crippen LogP contribution >= 0.6 is 11.6 Å². The van der Waals surface area contributed by atoms with E-state index in [-0.39, 0.29) is 12.3 Å². The number of aliphatic hydroxyl groups is 2. The van der Waals surface area contributed by atoms with Crippen LogP contribution in [0.15, 0.2) is 48.7 Å². The van der Waals surface area contributed by atoms with Crippen molar-refractivity contribution in [2.45, 2.75) is 19.1 Å². The van der Waals surface area contributed by atoms with E-state index < -0.39 is 6.23 Å². The van der Waals surface area contributed by atoms with Gasteiger partial charge in [0.25, 0.3) is 0 Å². The van der Waals surface area contributed by atoms with Crippen molar-refractivity contribution in [1.82, 2.24) is 0 Å². The predicted molar refractivity (Wildman–Crippen MR) is 96.9 cm³/mol. The van der Waals surface area contributed by atoms with Crippen molar-refractivity contribution < 1.29 is 14.9 Å². The number of hydrogen-bond donors (Lipinski definition) is 2. The van der Waals surface area contributed by atoms with Crippen LogP contribution in [0.4, 0.5) is 5.69 Å². The number of anilines is 1. The Bertz CT molecular complexity index is 758. The molecule has 2 aromatic carbocycles. The van der Waals surface area contributed by atoms with Crippen LogP contribution in [0.1, 0.15) is 12.0 Å². The van der Waals surface area contributed by atoms with Crippen LogP contribution in [0.25, 0.3) is 11.1 Å². The summed E-state index contributed by atoms with van der Waals surface area (Å²) in [6, 6.07) is 11.6. The lowest BCUT2D eigenvalue weighted by molar-refractivity contribution is 0.152. The highest BCUT2D eigenvalue weighted by Crippen LogP contribution is 2.40. The molecule has 2 aromatic rings. The first-order valence-corrected chi connectivity index (χ1v) is 8.15. The van der Waals surface area contributed by atoms with E-state index in [0.717, 1.165) is 28.8 Å². The normalized spacial score (nSPS) is 16.6. The average Bonchev–Trinajstić information content (AvgIpc) is 2.57. The van der Waals surface area contributed by atoms with E-state index in [0.29, 0.717) is 17.2 Å². The highest BCUT2D eigenvalue weighted by Gasteiger charge is 2.26. The smallest absolute Gasteiger partial charge is 0.128 e. The molecule has 4 nitrogen and oxygen atoms in total. The Morgan fingerprint density at radius 2 is 2.04 bits per heavy atom. The third kappa shape index (κ3) is 3.21. The van der Waals surface area contributed by atoms with Gasteiger partial charge in [-0.1, -0.05) is 30.3 Å². The molecular formula is C19H20ClNO3. The number of aryl methyl sites for hydroxylation is 1. The highest BCUT2D eigenvalue weighted by molar-refractivity contribution is 6.30. The summed E-state index contributed by atoms with van der Waals surface area (Å²) in [5.74, 6) is 0.723. The molecule has 1 aliphatic rings. The number of rotatable bonds is 4. The van der Waals surface area contributed by atoms with Gasteiger partial charge in [-0.3, -0.25) is 0 Å². The number of halogens is 1. The van der Waals surface area contributed by atoms with Gasteiger partial charge in [0, 0.05) is 22.3 Å². The number of methoxy groups -OCH3 is 1. The molecule has 0 amide bonds. The van der Waals surface area contributed by atoms with Crippen LogP contribution in [-0.4, -0.2) is 30.1 Å². The van der Waals surface area contributed by atoms with E-state index in [2.05, 4.69) is 12.6 Å². The minimum Gasteiger partial charge on any atom is -0.511 e. The van der Waals surface area contributed by atoms with Gasteiger partial charge >= 0.3 is 0 Å². The fraction of sp³-hybridized carbons (Fsp3) is 0.263. The lowest BCUT2D eigenvalue weighted by Gasteiger charge is -2.36. The Kier molecular flexibility index (Phi) is 4.69. The molecule has 0 spiro atoms. The molecule has 24 heavy (non-hydrogen) atoms. The SMILES string of the molecule is C=C(O)CN1c2cc(OC)c(-c3ccc(Cl)cc3)cc2CCC1O. The van der Waals surface area contributed by atoms with E-state index in [1.54, 1.807) is 12.0 Å². The largest absolute Gasteiger partial charge is 0.511 e. The molecule has 0 saturated carbocycles. The maximum Gasteiger partial charge on any atom is 0.128 e. The topological polar surface area (TPSA) is 52.9 Å². The molecule has 0 bridgehead atoms. The van der Waals surface area contributed by atoms with Gasteiger partial charge < -0.3 is 19.8 Å². The minimum absolute atomic E-state index is 0.0163. The third-order valence-corrected chi connectivity index (χ3v) is 4.50. The molecule has 126 valence electrons. The second-order valence-electron chi connectivity index (χ2n) is 5.90. The van der Waals surface area contributed by atoms with Crippen molar-refractivity contribution in [3.8, 4) is 16.9 Å². The standard InChI is InChI=1S/C19H20ClNO3/c1-12(22)11-21-17-10-18(24-2)16(9-14(17)5-8-19(21)23)13-3-6-15(20)7-4-13/h3-4,6-7,9-10,19,22-23H,1,5,8,11H2,2H3. The number of hydrogen-bond acceptors (Lipinski definition) is 4. The van der Waals surface area contributed by atoms with Gasteiger partial charge in [-0.15, -0.1) is 0 Å². The predicted octanol–water partition coefficient (Wildman–Crippen LogP) is 4.16. The molecule has 1 heterocycles. The molecule has 0 aromatic heterocycles. The molecule has 0 saturated heterocycles. The summed E-state index contributed by atoms with van der Waals surface area (Å²) in [4.78, 5) is 1.75. The van der Waals surface area contributed by atoms with E-state index >= 15 is 0 Å². The Morgan fingerprint density at radius 1 is 1.33 bits per heavy atom. The number of fused-ring (bicyclic) bond motifs is 1. The summed E-state index contributed by atoms with van der Waals surface area (Å²) in [5, 5.41) is 20.5. The molecule has 1 unspecified atom stereocenters. The Labute approximate surface area is 146 Å². The van der Waals surface area contributed by atoms with Crippen molar-refractivity contribution in [2.75, 3.05) is 18.6 Å². The summed E-state index contributed by atoms with van der Waals surface area (Å²) in [7, 11) is 1.62. The molecule has 1 atom stereocenters. The zero-order chi connectivity index (χ0) is 17.3. The number of ether oxygens (including phenoxy) is 1. The molecule has 0 aliphatic carbocycles. The fourth-order valence-electron chi connectivity index (χ4n) is 3.09. The van der Waals surface area contributed by atoms with Gasteiger partial charge in [-0.2, -0.15) is 0 Å². The summed E-state index contributed by atoms with van der Waals surface area (Å²) in [6.07, 6.45) is 0.717. The zero-order valence-electron chi connectivity index (χ0n) is 13.5. The molecule has 1 aliphatic heterocycles. The van der Waals surface area contributed by atoms with Gasteiger partial charge in [-0.05, 0) is 42.2 Å². The maximum absolute atomic E-state index is 10.3. The molecule has 3 rings (SSSR count). The van der Waals surface area contributed by atoms with E-state index in [1.165, 1.54) is 0 Å². The Hall–Kier alpha value is -2.17. The van der Waals surface area contributed by atoms with Crippen molar-refractivity contribution in [3.05, 3.63) is 59.3 Å². The highest BCUT2D eigenvalue weighted by atomic mass is 35.5. The number of nitrogens with zero attached hydrogens (tertiary/aromatic N) is 1. The summed E-state index contributed by atoms with van der Waals surface area (Å²) < 4.78 is 5.56. The first-order chi connectivity index (χ1) is 11.5. The minimum atomic E-state index is -0.646. The first-order valence-electron chi connectivity index (χ1n) is 7.78. The number of aliphatic hydroxyl groups excluding tert-OH is 2. The molecule has 2 N–H and O–H groups in total. The fourth-order valence-corrected chi connectivity index (χ4v) is 3.22. The monoisotopic (exact) mass is 345 g/mol. The van der Waals surface area contributed by atoms with Gasteiger partial charge in [0.1, 0.15) is 17.7 Å². The van der Waals surface area contributed by atoms with Gasteiger partial charge in [0.05, 0.1) is 13.7 Å². The molecule has 5 heteroatoms. The lowest BCUT2D eigenvalue weighted by Crippen LogP contribution is -2.40. The van der Waals surface area contributed by atoms with Crippen molar-refractivity contribution >= 4 is 17.3 Å². The van der Waals surface area contributed by atoms with Gasteiger partial charge in [-0.25, -0.2) is 0 Å². The van der Waals surface area contributed by atoms with Crippen LogP contribution in [0, 0.1) is 0 Å². The molecule has 0 radical (unpaired) electrons. The second kappa shape index (κ2) is 6.75. The van der Waals surface area contributed by atoms with Crippen LogP contribution < -0.4 is 9.64 Å².